The van der Waals surface area contributed by atoms with E-state index >= 15 is 0 Å². The standard InChI is InChI=1S/C48H34N2OSi/c1-52(2)43-27-9-7-23-40(43)44-47(52)45(41-25-13-24-39-38-22-6-8-26-42(38)51-46(39)41)50-48(49-44)37-21-12-20-36(30-37)35-19-11-18-34(29-35)33-17-10-16-32(28-33)31-14-4-3-5-15-31/h3-30H,1-2H3. The number of aromatic nitrogens is 2. The van der Waals surface area contributed by atoms with Gasteiger partial charge < -0.3 is 4.42 Å². The third kappa shape index (κ3) is 4.87. The van der Waals surface area contributed by atoms with Crippen molar-refractivity contribution in [1.82, 2.24) is 9.97 Å². The van der Waals surface area contributed by atoms with Crippen LogP contribution in [0.15, 0.2) is 174 Å². The number of fused-ring (bicyclic) bond motifs is 6. The molecule has 3 nitrogen and oxygen atoms in total. The molecule has 0 spiro atoms. The van der Waals surface area contributed by atoms with Crippen LogP contribution in [0.3, 0.4) is 0 Å². The lowest BCUT2D eigenvalue weighted by Gasteiger charge is -2.21. The molecule has 0 unspecified atom stereocenters. The van der Waals surface area contributed by atoms with Crippen LogP contribution in [0, 0.1) is 0 Å². The Balaban J connectivity index is 1.12. The van der Waals surface area contributed by atoms with Gasteiger partial charge in [-0.2, -0.15) is 0 Å². The van der Waals surface area contributed by atoms with Gasteiger partial charge in [0, 0.05) is 21.9 Å². The molecule has 0 atom stereocenters. The molecule has 0 saturated heterocycles. The fraction of sp³-hybridized carbons (Fsp3) is 0.0417. The first kappa shape index (κ1) is 30.5. The van der Waals surface area contributed by atoms with Gasteiger partial charge in [-0.3, -0.25) is 0 Å². The maximum absolute atomic E-state index is 6.60. The molecule has 10 rings (SSSR count). The fourth-order valence-corrected chi connectivity index (χ4v) is 11.3. The van der Waals surface area contributed by atoms with Crippen LogP contribution in [-0.2, 0) is 0 Å². The molecule has 0 amide bonds. The van der Waals surface area contributed by atoms with E-state index in [9.17, 15) is 0 Å². The van der Waals surface area contributed by atoms with Crippen molar-refractivity contribution in [2.24, 2.45) is 0 Å². The molecule has 3 heterocycles. The molecule has 52 heavy (non-hydrogen) atoms. The minimum atomic E-state index is -2.15. The Morgan fingerprint density at radius 2 is 0.904 bits per heavy atom. The first-order chi connectivity index (χ1) is 25.5. The summed E-state index contributed by atoms with van der Waals surface area (Å²) in [7, 11) is -2.15. The van der Waals surface area contributed by atoms with Crippen LogP contribution in [0.2, 0.25) is 13.1 Å². The Kier molecular flexibility index (Phi) is 6.95. The smallest absolute Gasteiger partial charge is 0.160 e. The zero-order chi connectivity index (χ0) is 34.8. The normalized spacial score (nSPS) is 13.0. The minimum Gasteiger partial charge on any atom is -0.455 e. The number of para-hydroxylation sites is 2. The number of furan rings is 1. The highest BCUT2D eigenvalue weighted by molar-refractivity contribution is 7.04. The molecule has 0 bridgehead atoms. The largest absolute Gasteiger partial charge is 0.455 e. The van der Waals surface area contributed by atoms with Crippen LogP contribution in [0.4, 0.5) is 0 Å². The average molecular weight is 683 g/mol. The van der Waals surface area contributed by atoms with E-state index < -0.39 is 8.07 Å². The summed E-state index contributed by atoms with van der Waals surface area (Å²) in [5.41, 5.74) is 14.1. The fourth-order valence-electron chi connectivity index (χ4n) is 8.10. The third-order valence-corrected chi connectivity index (χ3v) is 14.2. The van der Waals surface area contributed by atoms with E-state index in [0.29, 0.717) is 0 Å². The summed E-state index contributed by atoms with van der Waals surface area (Å²) in [5, 5.41) is 4.89. The van der Waals surface area contributed by atoms with Crippen molar-refractivity contribution < 1.29 is 4.42 Å². The predicted octanol–water partition coefficient (Wildman–Crippen LogP) is 11.5. The summed E-state index contributed by atoms with van der Waals surface area (Å²) in [6.07, 6.45) is 0. The summed E-state index contributed by atoms with van der Waals surface area (Å²) in [4.78, 5) is 10.9. The van der Waals surface area contributed by atoms with E-state index in [1.165, 1.54) is 38.2 Å². The molecular weight excluding hydrogens is 649 g/mol. The van der Waals surface area contributed by atoms with E-state index in [1.54, 1.807) is 0 Å². The van der Waals surface area contributed by atoms with Crippen molar-refractivity contribution in [3.8, 4) is 67.3 Å². The summed E-state index contributed by atoms with van der Waals surface area (Å²) in [5.74, 6) is 0.719. The van der Waals surface area contributed by atoms with Gasteiger partial charge in [0.15, 0.2) is 5.82 Å². The number of nitrogens with zero attached hydrogens (tertiary/aromatic N) is 2. The lowest BCUT2D eigenvalue weighted by molar-refractivity contribution is 0.670. The van der Waals surface area contributed by atoms with Crippen LogP contribution in [-0.4, -0.2) is 18.0 Å². The monoisotopic (exact) mass is 682 g/mol. The Bertz CT molecular complexity index is 2830. The zero-order valence-electron chi connectivity index (χ0n) is 29.0. The Labute approximate surface area is 303 Å². The molecule has 1 aliphatic heterocycles. The van der Waals surface area contributed by atoms with Gasteiger partial charge in [-0.25, -0.2) is 9.97 Å². The third-order valence-electron chi connectivity index (χ3n) is 10.7. The van der Waals surface area contributed by atoms with Crippen LogP contribution < -0.4 is 10.4 Å². The molecule has 246 valence electrons. The van der Waals surface area contributed by atoms with Gasteiger partial charge in [-0.05, 0) is 79.6 Å². The quantitative estimate of drug-likeness (QED) is 0.170. The minimum absolute atomic E-state index is 0.719. The van der Waals surface area contributed by atoms with Gasteiger partial charge in [0.2, 0.25) is 0 Å². The van der Waals surface area contributed by atoms with Gasteiger partial charge >= 0.3 is 0 Å². The van der Waals surface area contributed by atoms with Gasteiger partial charge in [-0.15, -0.1) is 0 Å². The lowest BCUT2D eigenvalue weighted by atomic mass is 9.95. The van der Waals surface area contributed by atoms with Gasteiger partial charge in [0.25, 0.3) is 0 Å². The molecule has 0 radical (unpaired) electrons. The number of benzene rings is 7. The molecule has 1 aliphatic rings. The van der Waals surface area contributed by atoms with Crippen molar-refractivity contribution in [2.75, 3.05) is 0 Å². The van der Waals surface area contributed by atoms with Gasteiger partial charge in [0.1, 0.15) is 19.2 Å². The highest BCUT2D eigenvalue weighted by Crippen LogP contribution is 2.39. The van der Waals surface area contributed by atoms with Crippen LogP contribution in [0.25, 0.3) is 89.2 Å². The Morgan fingerprint density at radius 1 is 0.423 bits per heavy atom. The maximum atomic E-state index is 6.60. The highest BCUT2D eigenvalue weighted by Gasteiger charge is 2.42. The highest BCUT2D eigenvalue weighted by atomic mass is 28.3. The van der Waals surface area contributed by atoms with Gasteiger partial charge in [0.05, 0.1) is 11.4 Å². The average Bonchev–Trinajstić information content (AvgIpc) is 3.70. The molecule has 7 aromatic carbocycles. The zero-order valence-corrected chi connectivity index (χ0v) is 30.0. The summed E-state index contributed by atoms with van der Waals surface area (Å²) >= 11 is 0. The molecule has 9 aromatic rings. The van der Waals surface area contributed by atoms with Crippen molar-refractivity contribution >= 4 is 40.4 Å². The molecule has 4 heteroatoms. The number of rotatable bonds is 5. The van der Waals surface area contributed by atoms with Crippen molar-refractivity contribution in [1.29, 1.82) is 0 Å². The first-order valence-electron chi connectivity index (χ1n) is 17.8. The molecule has 0 N–H and O–H groups in total. The second-order valence-corrected chi connectivity index (χ2v) is 18.5. The Hall–Kier alpha value is -6.36. The first-order valence-corrected chi connectivity index (χ1v) is 20.8. The van der Waals surface area contributed by atoms with E-state index in [1.807, 2.05) is 12.1 Å². The molecule has 0 saturated carbocycles. The van der Waals surface area contributed by atoms with E-state index in [4.69, 9.17) is 14.4 Å². The van der Waals surface area contributed by atoms with Crippen molar-refractivity contribution in [3.05, 3.63) is 170 Å². The summed E-state index contributed by atoms with van der Waals surface area (Å²) in [6.45, 7) is 4.85. The second kappa shape index (κ2) is 11.9. The van der Waals surface area contributed by atoms with Gasteiger partial charge in [-0.1, -0.05) is 153 Å². The van der Waals surface area contributed by atoms with Crippen molar-refractivity contribution in [2.45, 2.75) is 13.1 Å². The summed E-state index contributed by atoms with van der Waals surface area (Å²) < 4.78 is 6.60. The SMILES string of the molecule is C[Si]1(C)c2ccccc2-c2nc(-c3cccc(-c4cccc(-c5cccc(-c6ccccc6)c5)c4)c3)nc(-c3cccc4c3oc3ccccc34)c21. The number of hydrogen-bond donors (Lipinski definition) is 0. The predicted molar refractivity (Wildman–Crippen MR) is 219 cm³/mol. The van der Waals surface area contributed by atoms with E-state index in [0.717, 1.165) is 61.4 Å². The molecular formula is C48H34N2OSi. The van der Waals surface area contributed by atoms with Crippen molar-refractivity contribution in [3.63, 3.8) is 0 Å². The lowest BCUT2D eigenvalue weighted by Crippen LogP contribution is -2.50. The second-order valence-electron chi connectivity index (χ2n) is 14.2. The maximum Gasteiger partial charge on any atom is 0.160 e. The van der Waals surface area contributed by atoms with E-state index in [-0.39, 0.29) is 0 Å². The van der Waals surface area contributed by atoms with Crippen LogP contribution in [0.1, 0.15) is 0 Å². The topological polar surface area (TPSA) is 38.9 Å². The summed E-state index contributed by atoms with van der Waals surface area (Å²) in [6, 6.07) is 60.3. The van der Waals surface area contributed by atoms with Crippen LogP contribution in [0.5, 0.6) is 0 Å². The number of hydrogen-bond acceptors (Lipinski definition) is 3. The van der Waals surface area contributed by atoms with E-state index in [2.05, 4.69) is 171 Å². The molecule has 0 aliphatic carbocycles. The molecule has 0 fully saturated rings. The van der Waals surface area contributed by atoms with Crippen LogP contribution >= 0.6 is 0 Å². The molecule has 2 aromatic heterocycles. The Morgan fingerprint density at radius 3 is 1.62 bits per heavy atom.